The summed E-state index contributed by atoms with van der Waals surface area (Å²) in [6, 6.07) is 8.45. The van der Waals surface area contributed by atoms with E-state index in [1.54, 1.807) is 0 Å². The molecule has 2 fully saturated rings. The van der Waals surface area contributed by atoms with Gasteiger partial charge in [0.25, 0.3) is 0 Å². The topological polar surface area (TPSA) is 49.6 Å². The zero-order valence-corrected chi connectivity index (χ0v) is 12.6. The molecular weight excluding hydrogens is 262 g/mol. The van der Waals surface area contributed by atoms with Crippen LogP contribution in [0.15, 0.2) is 24.3 Å². The Balaban J connectivity index is 1.53. The highest BCUT2D eigenvalue weighted by Crippen LogP contribution is 2.21. The van der Waals surface area contributed by atoms with Gasteiger partial charge in [0.2, 0.25) is 5.91 Å². The van der Waals surface area contributed by atoms with Gasteiger partial charge in [-0.05, 0) is 49.9 Å². The Hall–Kier alpha value is -1.55. The summed E-state index contributed by atoms with van der Waals surface area (Å²) in [6.07, 6.45) is 5.07. The number of aryl methyl sites for hydroxylation is 1. The fourth-order valence-electron chi connectivity index (χ4n) is 3.53. The molecular formula is C17H25N3O. The number of rotatable bonds is 3. The molecule has 0 spiro atoms. The number of anilines is 1. The number of hydrogen-bond acceptors (Lipinski definition) is 3. The summed E-state index contributed by atoms with van der Waals surface area (Å²) in [6.45, 7) is 4.23. The summed E-state index contributed by atoms with van der Waals surface area (Å²) in [4.78, 5) is 17.1. The van der Waals surface area contributed by atoms with Crippen molar-refractivity contribution in [2.24, 2.45) is 0 Å². The van der Waals surface area contributed by atoms with Crippen LogP contribution < -0.4 is 5.73 Å². The van der Waals surface area contributed by atoms with Gasteiger partial charge in [-0.25, -0.2) is 0 Å². The molecule has 2 N–H and O–H groups in total. The molecule has 21 heavy (non-hydrogen) atoms. The van der Waals surface area contributed by atoms with E-state index in [1.165, 1.54) is 24.9 Å². The Bertz CT molecular complexity index is 485. The van der Waals surface area contributed by atoms with Crippen molar-refractivity contribution in [2.45, 2.75) is 38.1 Å². The Morgan fingerprint density at radius 2 is 1.90 bits per heavy atom. The van der Waals surface area contributed by atoms with Crippen LogP contribution in [0.5, 0.6) is 0 Å². The lowest BCUT2D eigenvalue weighted by atomic mass is 10.1. The maximum Gasteiger partial charge on any atom is 0.222 e. The fourth-order valence-corrected chi connectivity index (χ4v) is 3.53. The summed E-state index contributed by atoms with van der Waals surface area (Å²) in [7, 11) is 0. The van der Waals surface area contributed by atoms with Gasteiger partial charge < -0.3 is 10.6 Å². The molecule has 0 aliphatic carbocycles. The van der Waals surface area contributed by atoms with Gasteiger partial charge in [-0.3, -0.25) is 9.69 Å². The SMILES string of the molecule is Nc1ccc(CCC(=O)N2CCCN3CCCC3C2)cc1. The van der Waals surface area contributed by atoms with Crippen LogP contribution in [0.4, 0.5) is 5.69 Å². The number of carbonyl (C=O) groups is 1. The summed E-state index contributed by atoms with van der Waals surface area (Å²) in [5.74, 6) is 0.306. The van der Waals surface area contributed by atoms with Crippen LogP contribution in [0, 0.1) is 0 Å². The number of hydrogen-bond donors (Lipinski definition) is 1. The molecule has 4 nitrogen and oxygen atoms in total. The van der Waals surface area contributed by atoms with Crippen LogP contribution in [0.3, 0.4) is 0 Å². The zero-order valence-electron chi connectivity index (χ0n) is 12.6. The zero-order chi connectivity index (χ0) is 14.7. The van der Waals surface area contributed by atoms with Gasteiger partial charge in [0.15, 0.2) is 0 Å². The maximum absolute atomic E-state index is 12.5. The van der Waals surface area contributed by atoms with E-state index in [4.69, 9.17) is 5.73 Å². The number of carbonyl (C=O) groups excluding carboxylic acids is 1. The van der Waals surface area contributed by atoms with Crippen LogP contribution >= 0.6 is 0 Å². The maximum atomic E-state index is 12.5. The second-order valence-electron chi connectivity index (χ2n) is 6.27. The molecule has 2 aliphatic rings. The minimum absolute atomic E-state index is 0.306. The van der Waals surface area contributed by atoms with E-state index >= 15 is 0 Å². The van der Waals surface area contributed by atoms with Crippen molar-refractivity contribution in [3.63, 3.8) is 0 Å². The van der Waals surface area contributed by atoms with Crippen LogP contribution in [0.25, 0.3) is 0 Å². The predicted octanol–water partition coefficient (Wildman–Crippen LogP) is 1.90. The Morgan fingerprint density at radius 1 is 1.14 bits per heavy atom. The Morgan fingerprint density at radius 3 is 2.71 bits per heavy atom. The monoisotopic (exact) mass is 287 g/mol. The molecule has 0 saturated carbocycles. The second kappa shape index (κ2) is 6.48. The third-order valence-electron chi connectivity index (χ3n) is 4.76. The molecule has 114 valence electrons. The van der Waals surface area contributed by atoms with Crippen LogP contribution in [0.2, 0.25) is 0 Å². The molecule has 3 rings (SSSR count). The van der Waals surface area contributed by atoms with Crippen LogP contribution in [-0.2, 0) is 11.2 Å². The molecule has 2 heterocycles. The van der Waals surface area contributed by atoms with Crippen molar-refractivity contribution in [1.82, 2.24) is 9.80 Å². The smallest absolute Gasteiger partial charge is 0.222 e. The largest absolute Gasteiger partial charge is 0.399 e. The summed E-state index contributed by atoms with van der Waals surface area (Å²) >= 11 is 0. The quantitative estimate of drug-likeness (QED) is 0.864. The number of nitrogens with zero attached hydrogens (tertiary/aromatic N) is 2. The molecule has 4 heteroatoms. The highest BCUT2D eigenvalue weighted by molar-refractivity contribution is 5.76. The average Bonchev–Trinajstić information content (AvgIpc) is 2.83. The summed E-state index contributed by atoms with van der Waals surface area (Å²) in [5.41, 5.74) is 7.65. The Labute approximate surface area is 126 Å². The molecule has 1 unspecified atom stereocenters. The molecule has 0 aromatic heterocycles. The lowest BCUT2D eigenvalue weighted by Crippen LogP contribution is -2.39. The van der Waals surface area contributed by atoms with Crippen molar-refractivity contribution < 1.29 is 4.79 Å². The van der Waals surface area contributed by atoms with Gasteiger partial charge >= 0.3 is 0 Å². The number of fused-ring (bicyclic) bond motifs is 1. The third kappa shape index (κ3) is 3.56. The Kier molecular flexibility index (Phi) is 4.44. The van der Waals surface area contributed by atoms with E-state index in [9.17, 15) is 4.79 Å². The first-order valence-electron chi connectivity index (χ1n) is 8.08. The van der Waals surface area contributed by atoms with E-state index in [-0.39, 0.29) is 0 Å². The minimum atomic E-state index is 0.306. The first-order valence-corrected chi connectivity index (χ1v) is 8.08. The molecule has 1 amide bonds. The lowest BCUT2D eigenvalue weighted by Gasteiger charge is -2.25. The highest BCUT2D eigenvalue weighted by atomic mass is 16.2. The first kappa shape index (κ1) is 14.4. The van der Waals surface area contributed by atoms with E-state index in [2.05, 4.69) is 9.80 Å². The standard InChI is InChI=1S/C17H25N3O/c18-15-7-4-14(5-8-15)6-9-17(21)20-12-2-11-19-10-1-3-16(19)13-20/h4-5,7-8,16H,1-3,6,9-13,18H2. The normalized spacial score (nSPS) is 22.9. The molecule has 2 saturated heterocycles. The van der Waals surface area contributed by atoms with Gasteiger partial charge in [0.1, 0.15) is 0 Å². The lowest BCUT2D eigenvalue weighted by molar-refractivity contribution is -0.131. The van der Waals surface area contributed by atoms with Crippen LogP contribution in [0.1, 0.15) is 31.2 Å². The number of amides is 1. The van der Waals surface area contributed by atoms with E-state index in [0.29, 0.717) is 18.4 Å². The fraction of sp³-hybridized carbons (Fsp3) is 0.588. The second-order valence-corrected chi connectivity index (χ2v) is 6.27. The highest BCUT2D eigenvalue weighted by Gasteiger charge is 2.30. The van der Waals surface area contributed by atoms with Gasteiger partial charge in [0, 0.05) is 37.8 Å². The van der Waals surface area contributed by atoms with Crippen molar-refractivity contribution >= 4 is 11.6 Å². The van der Waals surface area contributed by atoms with E-state index < -0.39 is 0 Å². The van der Waals surface area contributed by atoms with Gasteiger partial charge in [0.05, 0.1) is 0 Å². The molecule has 1 atom stereocenters. The van der Waals surface area contributed by atoms with Crippen molar-refractivity contribution in [3.05, 3.63) is 29.8 Å². The van der Waals surface area contributed by atoms with Crippen molar-refractivity contribution in [2.75, 3.05) is 31.9 Å². The van der Waals surface area contributed by atoms with Crippen molar-refractivity contribution in [1.29, 1.82) is 0 Å². The molecule has 0 radical (unpaired) electrons. The van der Waals surface area contributed by atoms with Crippen LogP contribution in [-0.4, -0.2) is 47.9 Å². The summed E-state index contributed by atoms with van der Waals surface area (Å²) in [5, 5.41) is 0. The molecule has 1 aromatic rings. The van der Waals surface area contributed by atoms with Gasteiger partial charge in [-0.1, -0.05) is 12.1 Å². The number of nitrogens with two attached hydrogens (primary N) is 1. The molecule has 1 aromatic carbocycles. The molecule has 2 aliphatic heterocycles. The summed E-state index contributed by atoms with van der Waals surface area (Å²) < 4.78 is 0. The minimum Gasteiger partial charge on any atom is -0.399 e. The number of nitrogen functional groups attached to an aromatic ring is 1. The first-order chi connectivity index (χ1) is 10.2. The predicted molar refractivity (Wildman–Crippen MR) is 85.0 cm³/mol. The van der Waals surface area contributed by atoms with Crippen molar-refractivity contribution in [3.8, 4) is 0 Å². The average molecular weight is 287 g/mol. The van der Waals surface area contributed by atoms with E-state index in [0.717, 1.165) is 38.2 Å². The third-order valence-corrected chi connectivity index (χ3v) is 4.76. The number of benzene rings is 1. The van der Waals surface area contributed by atoms with Gasteiger partial charge in [-0.2, -0.15) is 0 Å². The van der Waals surface area contributed by atoms with Gasteiger partial charge in [-0.15, -0.1) is 0 Å². The van der Waals surface area contributed by atoms with E-state index in [1.807, 2.05) is 24.3 Å². The molecule has 0 bridgehead atoms.